The molecule has 2 saturated carbocycles. The van der Waals surface area contributed by atoms with E-state index < -0.39 is 47.3 Å². The number of carbonyl (C=O) groups is 2. The molecule has 8 atom stereocenters. The van der Waals surface area contributed by atoms with E-state index in [2.05, 4.69) is 37.1 Å². The number of ketones is 1. The molecule has 0 unspecified atom stereocenters. The van der Waals surface area contributed by atoms with Crippen molar-refractivity contribution in [3.63, 3.8) is 0 Å². The third-order valence-electron chi connectivity index (χ3n) is 13.6. The van der Waals surface area contributed by atoms with Crippen LogP contribution >= 0.6 is 0 Å². The molecule has 332 valence electrons. The van der Waals surface area contributed by atoms with Gasteiger partial charge in [-0.15, -0.1) is 0 Å². The van der Waals surface area contributed by atoms with E-state index in [9.17, 15) is 40.2 Å². The Kier molecular flexibility index (Phi) is 16.7. The Balaban J connectivity index is 1.40. The highest BCUT2D eigenvalue weighted by molar-refractivity contribution is 5.98. The first-order valence-corrected chi connectivity index (χ1v) is 21.9. The third kappa shape index (κ3) is 11.1. The van der Waals surface area contributed by atoms with Gasteiger partial charge in [-0.3, -0.25) is 14.9 Å². The quantitative estimate of drug-likeness (QED) is 0.0459. The van der Waals surface area contributed by atoms with Gasteiger partial charge >= 0.3 is 0 Å². The molecule has 61 heavy (non-hydrogen) atoms. The van der Waals surface area contributed by atoms with Gasteiger partial charge < -0.3 is 41.7 Å². The maximum atomic E-state index is 14.5. The van der Waals surface area contributed by atoms with Crippen LogP contribution in [0, 0.1) is 17.3 Å². The average Bonchev–Trinajstić information content (AvgIpc) is 3.56. The van der Waals surface area contributed by atoms with E-state index in [4.69, 9.17) is 5.73 Å². The fourth-order valence-corrected chi connectivity index (χ4v) is 10.2. The van der Waals surface area contributed by atoms with Crippen molar-refractivity contribution in [2.24, 2.45) is 23.0 Å². The van der Waals surface area contributed by atoms with Crippen LogP contribution in [0.15, 0.2) is 101 Å². The lowest BCUT2D eigenvalue weighted by Crippen LogP contribution is -2.59. The third-order valence-corrected chi connectivity index (χ3v) is 13.6. The van der Waals surface area contributed by atoms with Gasteiger partial charge in [0.1, 0.15) is 18.0 Å². The number of nitrogens with one attached hydrogen (secondary N) is 2. The van der Waals surface area contributed by atoms with Crippen molar-refractivity contribution in [1.82, 2.24) is 10.6 Å². The first-order valence-electron chi connectivity index (χ1n) is 21.9. The van der Waals surface area contributed by atoms with E-state index in [1.165, 1.54) is 5.57 Å². The first kappa shape index (κ1) is 47.8. The van der Waals surface area contributed by atoms with Gasteiger partial charge in [0.15, 0.2) is 5.78 Å². The number of aliphatic hydroxyl groups is 5. The smallest absolute Gasteiger partial charge is 0.243 e. The van der Waals surface area contributed by atoms with Crippen LogP contribution < -0.4 is 16.4 Å². The summed E-state index contributed by atoms with van der Waals surface area (Å²) in [6, 6.07) is 11.4. The molecule has 1 spiro atoms. The van der Waals surface area contributed by atoms with E-state index in [0.717, 1.165) is 29.6 Å². The van der Waals surface area contributed by atoms with Crippen molar-refractivity contribution in [2.45, 2.75) is 128 Å². The van der Waals surface area contributed by atoms with E-state index >= 15 is 0 Å². The summed E-state index contributed by atoms with van der Waals surface area (Å²) in [4.78, 5) is 28.0. The molecule has 1 aliphatic heterocycles. The predicted molar refractivity (Wildman–Crippen MR) is 239 cm³/mol. The molecule has 11 nitrogen and oxygen atoms in total. The standard InChI is InChI=1S/C50H69N3O8/c1-31(2)10-6-11-32(3)12-7-14-36(30-55)40-24-26-50(46(40)59)42(16-9-27-54)39(23-25-49(50,5)61)33(4)43(58)28-35-13-8-15-41-44(35)45(48(60)53-47(41)51)52-29-38(57)22-19-34-17-20-37(56)21-18-34/h7-8,10,12-15,17-18,20-21,38,40,42,45-47,52,54-57,59,61H,3,6,9,11,16,19,22-30,51H2,1-2,4-5H3,(H,53,60)/t38-,40+,42-,45+,46-,47+,49-,50-/m1/s1. The molecule has 0 saturated heterocycles. The highest BCUT2D eigenvalue weighted by Crippen LogP contribution is 2.63. The first-order chi connectivity index (χ1) is 29.0. The number of hydrogen-bond donors (Lipinski definition) is 9. The minimum absolute atomic E-state index is 0.0231. The number of aryl methyl sites for hydroxylation is 1. The average molecular weight is 840 g/mol. The zero-order chi connectivity index (χ0) is 44.5. The second kappa shape index (κ2) is 21.3. The number of phenols is 1. The number of hydrogen-bond acceptors (Lipinski definition) is 10. The van der Waals surface area contributed by atoms with Gasteiger partial charge in [-0.2, -0.15) is 0 Å². The number of allylic oxidation sites excluding steroid dienone is 8. The van der Waals surface area contributed by atoms with E-state index in [1.807, 2.05) is 36.4 Å². The Morgan fingerprint density at radius 3 is 2.54 bits per heavy atom. The molecule has 0 radical (unpaired) electrons. The molecule has 2 aliphatic carbocycles. The number of fused-ring (bicyclic) bond motifs is 1. The lowest BCUT2D eigenvalue weighted by atomic mass is 9.52. The SMILES string of the molecule is C=C(C=CC=C(CO)[C@@H]1CC[C@@]2([C@H](CCCO)C(=C(C)C(=O)Cc3cccc4c3[C@H](NC[C@H](O)CCc3ccc(O)cc3)C(=O)N[C@@H]4N)CC[C@@]2(C)O)[C@@H]1O)CCC=C(C)C. The predicted octanol–water partition coefficient (Wildman–Crippen LogP) is 6.00. The number of rotatable bonds is 19. The molecule has 2 aromatic carbocycles. The van der Waals surface area contributed by atoms with Crippen molar-refractivity contribution in [2.75, 3.05) is 19.8 Å². The Morgan fingerprint density at radius 1 is 1.11 bits per heavy atom. The minimum Gasteiger partial charge on any atom is -0.508 e. The molecule has 11 heteroatoms. The van der Waals surface area contributed by atoms with Crippen LogP contribution in [-0.2, 0) is 22.4 Å². The molecule has 3 aliphatic rings. The molecule has 1 heterocycles. The number of nitrogens with two attached hydrogens (primary N) is 1. The summed E-state index contributed by atoms with van der Waals surface area (Å²) in [7, 11) is 0. The molecule has 1 amide bonds. The summed E-state index contributed by atoms with van der Waals surface area (Å²) in [5.74, 6) is -1.18. The van der Waals surface area contributed by atoms with Crippen molar-refractivity contribution in [3.8, 4) is 5.75 Å². The molecular weight excluding hydrogens is 771 g/mol. The number of aromatic hydroxyl groups is 1. The highest BCUT2D eigenvalue weighted by atomic mass is 16.3. The van der Waals surface area contributed by atoms with Crippen LogP contribution in [0.2, 0.25) is 0 Å². The summed E-state index contributed by atoms with van der Waals surface area (Å²) < 4.78 is 0. The van der Waals surface area contributed by atoms with E-state index in [-0.39, 0.29) is 43.6 Å². The molecule has 5 rings (SSSR count). The van der Waals surface area contributed by atoms with Gasteiger partial charge in [-0.1, -0.05) is 77.9 Å². The van der Waals surface area contributed by atoms with Crippen LogP contribution in [0.3, 0.4) is 0 Å². The number of Topliss-reactive ketones (excluding diaryl/α,β-unsaturated/α-hetero) is 1. The van der Waals surface area contributed by atoms with Gasteiger partial charge in [0, 0.05) is 30.9 Å². The number of benzene rings is 2. The molecular formula is C50H69N3O8. The Morgan fingerprint density at radius 2 is 1.85 bits per heavy atom. The summed E-state index contributed by atoms with van der Waals surface area (Å²) in [6.45, 7) is 11.6. The van der Waals surface area contributed by atoms with E-state index in [1.54, 1.807) is 38.1 Å². The van der Waals surface area contributed by atoms with Crippen LogP contribution in [0.4, 0.5) is 0 Å². The van der Waals surface area contributed by atoms with Crippen LogP contribution in [0.25, 0.3) is 0 Å². The summed E-state index contributed by atoms with van der Waals surface area (Å²) in [5, 5.41) is 71.8. The highest BCUT2D eigenvalue weighted by Gasteiger charge is 2.64. The number of phenolic OH excluding ortho intramolecular Hbond substituents is 1. The normalized spacial score (nSPS) is 27.8. The maximum absolute atomic E-state index is 14.5. The summed E-state index contributed by atoms with van der Waals surface area (Å²) in [5.41, 5.74) is 11.2. The van der Waals surface area contributed by atoms with Gasteiger partial charge in [-0.25, -0.2) is 0 Å². The number of amides is 1. The van der Waals surface area contributed by atoms with Crippen LogP contribution in [-0.4, -0.2) is 79.9 Å². The van der Waals surface area contributed by atoms with Crippen molar-refractivity contribution >= 4 is 11.7 Å². The zero-order valence-corrected chi connectivity index (χ0v) is 36.5. The van der Waals surface area contributed by atoms with E-state index in [0.29, 0.717) is 79.2 Å². The van der Waals surface area contributed by atoms with Crippen LogP contribution in [0.5, 0.6) is 5.75 Å². The Bertz CT molecular complexity index is 1990. The van der Waals surface area contributed by atoms with Gasteiger partial charge in [0.25, 0.3) is 0 Å². The molecule has 0 aromatic heterocycles. The fraction of sp³-hybridized carbons (Fsp3) is 0.520. The second-order valence-corrected chi connectivity index (χ2v) is 17.9. The zero-order valence-electron chi connectivity index (χ0n) is 36.5. The van der Waals surface area contributed by atoms with Gasteiger partial charge in [0.05, 0.1) is 24.4 Å². The largest absolute Gasteiger partial charge is 0.508 e. The number of aliphatic hydroxyl groups excluding tert-OH is 4. The van der Waals surface area contributed by atoms with Gasteiger partial charge in [-0.05, 0) is 143 Å². The fourth-order valence-electron chi connectivity index (χ4n) is 10.2. The Hall–Kier alpha value is -4.20. The lowest BCUT2D eigenvalue weighted by Gasteiger charge is -2.55. The molecule has 10 N–H and O–H groups in total. The minimum atomic E-state index is -1.29. The lowest BCUT2D eigenvalue weighted by molar-refractivity contribution is -0.167. The summed E-state index contributed by atoms with van der Waals surface area (Å²) >= 11 is 0. The second-order valence-electron chi connectivity index (χ2n) is 17.9. The van der Waals surface area contributed by atoms with Crippen molar-refractivity contribution in [3.05, 3.63) is 123 Å². The molecule has 0 bridgehead atoms. The van der Waals surface area contributed by atoms with Crippen molar-refractivity contribution < 1.29 is 40.2 Å². The summed E-state index contributed by atoms with van der Waals surface area (Å²) in [6.07, 6.45) is 10.5. The Labute approximate surface area is 361 Å². The van der Waals surface area contributed by atoms with Gasteiger partial charge in [0.2, 0.25) is 5.91 Å². The topological polar surface area (TPSA) is 206 Å². The monoisotopic (exact) mass is 840 g/mol. The number of carbonyl (C=O) groups excluding carboxylic acids is 2. The molecule has 2 aromatic rings. The van der Waals surface area contributed by atoms with Crippen LogP contribution in [0.1, 0.15) is 120 Å². The molecule has 2 fully saturated rings. The maximum Gasteiger partial charge on any atom is 0.243 e. The van der Waals surface area contributed by atoms with Crippen molar-refractivity contribution in [1.29, 1.82) is 0 Å².